The van der Waals surface area contributed by atoms with Gasteiger partial charge in [-0.05, 0) is 25.7 Å². The number of nitrogens with zero attached hydrogens (tertiary/aromatic N) is 1. The van der Waals surface area contributed by atoms with E-state index in [0.29, 0.717) is 6.42 Å². The topological polar surface area (TPSA) is 77.8 Å². The summed E-state index contributed by atoms with van der Waals surface area (Å²) in [6.07, 6.45) is 2.96. The lowest BCUT2D eigenvalue weighted by molar-refractivity contribution is -0.156. The first-order chi connectivity index (χ1) is 9.20. The maximum absolute atomic E-state index is 12.4. The highest BCUT2D eigenvalue weighted by atomic mass is 16.4. The predicted molar refractivity (Wildman–Crippen MR) is 76.2 cm³/mol. The molecule has 0 heterocycles. The Morgan fingerprint density at radius 2 is 1.85 bits per heavy atom. The van der Waals surface area contributed by atoms with Gasteiger partial charge in [0.25, 0.3) is 0 Å². The Bertz CT molecular complexity index is 369. The molecular formula is C15H27NO4. The fraction of sp³-hybridized carbons (Fsp3) is 0.867. The lowest BCUT2D eigenvalue weighted by atomic mass is 9.76. The Morgan fingerprint density at radius 3 is 2.30 bits per heavy atom. The van der Waals surface area contributed by atoms with Crippen LogP contribution in [0.4, 0.5) is 0 Å². The van der Waals surface area contributed by atoms with Gasteiger partial charge in [-0.15, -0.1) is 0 Å². The van der Waals surface area contributed by atoms with Crippen LogP contribution in [0.25, 0.3) is 0 Å². The third-order valence-corrected chi connectivity index (χ3v) is 4.87. The third kappa shape index (κ3) is 3.51. The average molecular weight is 285 g/mol. The minimum atomic E-state index is -1.06. The van der Waals surface area contributed by atoms with Crippen molar-refractivity contribution in [3.05, 3.63) is 0 Å². The van der Waals surface area contributed by atoms with Crippen molar-refractivity contribution in [2.24, 2.45) is 11.3 Å². The monoisotopic (exact) mass is 285 g/mol. The zero-order valence-electron chi connectivity index (χ0n) is 12.9. The molecule has 0 aliphatic heterocycles. The van der Waals surface area contributed by atoms with Crippen LogP contribution in [0.1, 0.15) is 52.9 Å². The number of carbonyl (C=O) groups excluding carboxylic acids is 1. The van der Waals surface area contributed by atoms with E-state index in [4.69, 9.17) is 0 Å². The van der Waals surface area contributed by atoms with Crippen molar-refractivity contribution in [3.63, 3.8) is 0 Å². The molecule has 0 spiro atoms. The van der Waals surface area contributed by atoms with Gasteiger partial charge in [0.1, 0.15) is 0 Å². The van der Waals surface area contributed by atoms with Crippen molar-refractivity contribution in [2.75, 3.05) is 7.05 Å². The van der Waals surface area contributed by atoms with E-state index in [9.17, 15) is 19.8 Å². The van der Waals surface area contributed by atoms with Crippen LogP contribution < -0.4 is 0 Å². The SMILES string of the molecule is CC(C)C(C)(CC(=O)N(C)C1CCCCC1O)C(=O)O. The highest BCUT2D eigenvalue weighted by Crippen LogP contribution is 2.33. The maximum Gasteiger partial charge on any atom is 0.310 e. The molecule has 20 heavy (non-hydrogen) atoms. The summed E-state index contributed by atoms with van der Waals surface area (Å²) >= 11 is 0. The Labute approximate surface area is 121 Å². The van der Waals surface area contributed by atoms with Crippen LogP contribution in [0.2, 0.25) is 0 Å². The van der Waals surface area contributed by atoms with Crippen molar-refractivity contribution >= 4 is 11.9 Å². The first kappa shape index (κ1) is 17.0. The van der Waals surface area contributed by atoms with Gasteiger partial charge in [-0.2, -0.15) is 0 Å². The smallest absolute Gasteiger partial charge is 0.310 e. The summed E-state index contributed by atoms with van der Waals surface area (Å²) in [4.78, 5) is 25.4. The molecule has 1 aliphatic rings. The van der Waals surface area contributed by atoms with Crippen molar-refractivity contribution < 1.29 is 19.8 Å². The number of aliphatic carboxylic acids is 1. The quantitative estimate of drug-likeness (QED) is 0.808. The van der Waals surface area contributed by atoms with Gasteiger partial charge in [0.05, 0.1) is 17.6 Å². The van der Waals surface area contributed by atoms with E-state index in [2.05, 4.69) is 0 Å². The molecule has 0 aromatic heterocycles. The lowest BCUT2D eigenvalue weighted by Crippen LogP contribution is -2.48. The average Bonchev–Trinajstić information content (AvgIpc) is 2.37. The number of aliphatic hydroxyl groups is 1. The number of aliphatic hydroxyl groups excluding tert-OH is 1. The van der Waals surface area contributed by atoms with Gasteiger partial charge in [-0.1, -0.05) is 26.7 Å². The van der Waals surface area contributed by atoms with Gasteiger partial charge >= 0.3 is 5.97 Å². The summed E-state index contributed by atoms with van der Waals surface area (Å²) in [5.74, 6) is -1.28. The van der Waals surface area contributed by atoms with Crippen molar-refractivity contribution in [1.82, 2.24) is 4.90 Å². The summed E-state index contributed by atoms with van der Waals surface area (Å²) < 4.78 is 0. The first-order valence-electron chi connectivity index (χ1n) is 7.37. The summed E-state index contributed by atoms with van der Waals surface area (Å²) in [5.41, 5.74) is -1.06. The molecular weight excluding hydrogens is 258 g/mol. The zero-order valence-corrected chi connectivity index (χ0v) is 12.9. The largest absolute Gasteiger partial charge is 0.481 e. The minimum absolute atomic E-state index is 0.0281. The summed E-state index contributed by atoms with van der Waals surface area (Å²) in [6, 6.07) is -0.179. The second-order valence-corrected chi connectivity index (χ2v) is 6.48. The van der Waals surface area contributed by atoms with E-state index in [0.717, 1.165) is 19.3 Å². The van der Waals surface area contributed by atoms with Gasteiger partial charge in [-0.3, -0.25) is 9.59 Å². The van der Waals surface area contributed by atoms with Crippen LogP contribution in [0, 0.1) is 11.3 Å². The highest BCUT2D eigenvalue weighted by Gasteiger charge is 2.41. The first-order valence-corrected chi connectivity index (χ1v) is 7.37. The van der Waals surface area contributed by atoms with E-state index in [1.807, 2.05) is 13.8 Å². The number of carboxylic acid groups (broad SMARTS) is 1. The molecule has 1 rings (SSSR count). The molecule has 3 atom stereocenters. The molecule has 0 aromatic rings. The summed E-state index contributed by atoms with van der Waals surface area (Å²) in [6.45, 7) is 5.25. The van der Waals surface area contributed by atoms with Gasteiger partial charge < -0.3 is 15.1 Å². The molecule has 2 N–H and O–H groups in total. The van der Waals surface area contributed by atoms with E-state index in [1.54, 1.807) is 18.9 Å². The normalized spacial score (nSPS) is 26.1. The van der Waals surface area contributed by atoms with Gasteiger partial charge in [0.2, 0.25) is 5.91 Å². The molecule has 116 valence electrons. The molecule has 5 nitrogen and oxygen atoms in total. The van der Waals surface area contributed by atoms with Crippen LogP contribution in [-0.2, 0) is 9.59 Å². The van der Waals surface area contributed by atoms with Crippen LogP contribution in [-0.4, -0.2) is 46.2 Å². The second kappa shape index (κ2) is 6.57. The number of hydrogen-bond donors (Lipinski definition) is 2. The Kier molecular flexibility index (Phi) is 5.57. The molecule has 3 unspecified atom stereocenters. The molecule has 0 bridgehead atoms. The van der Waals surface area contributed by atoms with Crippen molar-refractivity contribution in [3.8, 4) is 0 Å². The maximum atomic E-state index is 12.4. The molecule has 1 saturated carbocycles. The standard InChI is InChI=1S/C15H27NO4/c1-10(2)15(3,14(19)20)9-13(18)16(4)11-7-5-6-8-12(11)17/h10-12,17H,5-9H2,1-4H3,(H,19,20). The molecule has 0 saturated heterocycles. The number of carboxylic acids is 1. The van der Waals surface area contributed by atoms with E-state index < -0.39 is 17.5 Å². The minimum Gasteiger partial charge on any atom is -0.481 e. The molecule has 1 fully saturated rings. The van der Waals surface area contributed by atoms with Gasteiger partial charge in [0.15, 0.2) is 0 Å². The summed E-state index contributed by atoms with van der Waals surface area (Å²) in [7, 11) is 1.67. The molecule has 1 aliphatic carbocycles. The van der Waals surface area contributed by atoms with Crippen LogP contribution in [0.15, 0.2) is 0 Å². The fourth-order valence-electron chi connectivity index (χ4n) is 2.69. The lowest BCUT2D eigenvalue weighted by Gasteiger charge is -2.37. The van der Waals surface area contributed by atoms with Crippen molar-refractivity contribution in [2.45, 2.75) is 65.0 Å². The zero-order chi connectivity index (χ0) is 15.5. The fourth-order valence-corrected chi connectivity index (χ4v) is 2.69. The molecule has 0 radical (unpaired) electrons. The number of carbonyl (C=O) groups is 2. The van der Waals surface area contributed by atoms with Gasteiger partial charge in [0, 0.05) is 13.5 Å². The predicted octanol–water partition coefficient (Wildman–Crippen LogP) is 1.89. The number of rotatable bonds is 5. The number of hydrogen-bond acceptors (Lipinski definition) is 3. The van der Waals surface area contributed by atoms with Crippen LogP contribution >= 0.6 is 0 Å². The molecule has 0 aromatic carbocycles. The highest BCUT2D eigenvalue weighted by molar-refractivity contribution is 5.85. The van der Waals surface area contributed by atoms with Crippen molar-refractivity contribution in [1.29, 1.82) is 0 Å². The van der Waals surface area contributed by atoms with Gasteiger partial charge in [-0.25, -0.2) is 0 Å². The van der Waals surface area contributed by atoms with Crippen LogP contribution in [0.3, 0.4) is 0 Å². The summed E-state index contributed by atoms with van der Waals surface area (Å²) in [5, 5.41) is 19.4. The third-order valence-electron chi connectivity index (χ3n) is 4.87. The Morgan fingerprint density at radius 1 is 1.30 bits per heavy atom. The molecule has 5 heteroatoms. The van der Waals surface area contributed by atoms with Crippen LogP contribution in [0.5, 0.6) is 0 Å². The Hall–Kier alpha value is -1.10. The van der Waals surface area contributed by atoms with E-state index in [1.165, 1.54) is 0 Å². The van der Waals surface area contributed by atoms with E-state index >= 15 is 0 Å². The van der Waals surface area contributed by atoms with E-state index in [-0.39, 0.29) is 24.3 Å². The Balaban J connectivity index is 2.76. The second-order valence-electron chi connectivity index (χ2n) is 6.48. The molecule has 1 amide bonds. The number of amides is 1. The number of likely N-dealkylation sites (N-methyl/N-ethyl adjacent to an activating group) is 1.